The quantitative estimate of drug-likeness (QED) is 0.770. The molecule has 3 nitrogen and oxygen atoms in total. The molecule has 15 heavy (non-hydrogen) atoms. The lowest BCUT2D eigenvalue weighted by Gasteiger charge is -2.19. The van der Waals surface area contributed by atoms with Gasteiger partial charge in [0.1, 0.15) is 0 Å². The van der Waals surface area contributed by atoms with Crippen LogP contribution in [0, 0.1) is 6.04 Å². The minimum absolute atomic E-state index is 0.381. The molecule has 1 radical (unpaired) electrons. The zero-order chi connectivity index (χ0) is 10.9. The maximum atomic E-state index is 12.1. The van der Waals surface area contributed by atoms with Crippen LogP contribution < -0.4 is 0 Å². The van der Waals surface area contributed by atoms with Crippen molar-refractivity contribution < 1.29 is 8.42 Å². The summed E-state index contributed by atoms with van der Waals surface area (Å²) < 4.78 is 25.8. The van der Waals surface area contributed by atoms with E-state index in [1.165, 1.54) is 4.31 Å². The number of rotatable bonds is 2. The van der Waals surface area contributed by atoms with Gasteiger partial charge in [-0.2, -0.15) is 4.31 Å². The van der Waals surface area contributed by atoms with E-state index in [-0.39, 0.29) is 0 Å². The number of benzene rings is 1. The van der Waals surface area contributed by atoms with E-state index in [0.29, 0.717) is 11.4 Å². The summed E-state index contributed by atoms with van der Waals surface area (Å²) in [4.78, 5) is 0.381. The first kappa shape index (κ1) is 10.6. The smallest absolute Gasteiger partial charge is 0.207 e. The van der Waals surface area contributed by atoms with Gasteiger partial charge in [-0.1, -0.05) is 18.2 Å². The molecule has 0 atom stereocenters. The molecule has 1 aromatic rings. The Balaban J connectivity index is 2.35. The Hall–Kier alpha value is -0.870. The molecular weight excluding hydrogens is 210 g/mol. The molecule has 0 aliphatic carbocycles. The van der Waals surface area contributed by atoms with Crippen LogP contribution in [0.2, 0.25) is 0 Å². The second-order valence-corrected chi connectivity index (χ2v) is 5.59. The van der Waals surface area contributed by atoms with Crippen LogP contribution in [0.5, 0.6) is 0 Å². The zero-order valence-electron chi connectivity index (χ0n) is 8.68. The van der Waals surface area contributed by atoms with Crippen LogP contribution in [-0.2, 0) is 10.0 Å². The first-order valence-corrected chi connectivity index (χ1v) is 6.46. The average Bonchev–Trinajstić information content (AvgIpc) is 2.66. The van der Waals surface area contributed by atoms with Crippen LogP contribution >= 0.6 is 0 Å². The fourth-order valence-electron chi connectivity index (χ4n) is 1.84. The first-order chi connectivity index (χ1) is 7.12. The van der Waals surface area contributed by atoms with E-state index in [0.717, 1.165) is 18.9 Å². The monoisotopic (exact) mass is 224 g/mol. The van der Waals surface area contributed by atoms with E-state index < -0.39 is 10.0 Å². The van der Waals surface area contributed by atoms with E-state index >= 15 is 0 Å². The van der Waals surface area contributed by atoms with Crippen LogP contribution in [-0.4, -0.2) is 19.3 Å². The van der Waals surface area contributed by atoms with Gasteiger partial charge in [0, 0.05) is 6.54 Å². The lowest BCUT2D eigenvalue weighted by molar-refractivity contribution is 0.477. The van der Waals surface area contributed by atoms with Gasteiger partial charge in [-0.3, -0.25) is 0 Å². The van der Waals surface area contributed by atoms with E-state index in [1.807, 2.05) is 13.0 Å². The van der Waals surface area contributed by atoms with Crippen LogP contribution in [0.15, 0.2) is 35.2 Å². The third kappa shape index (κ3) is 1.92. The lowest BCUT2D eigenvalue weighted by atomic mass is 10.3. The fourth-order valence-corrected chi connectivity index (χ4v) is 3.47. The molecule has 1 aliphatic rings. The summed E-state index contributed by atoms with van der Waals surface area (Å²) in [6.07, 6.45) is 1.81. The zero-order valence-corrected chi connectivity index (χ0v) is 9.50. The molecule has 1 heterocycles. The number of hydrogen-bond donors (Lipinski definition) is 0. The van der Waals surface area contributed by atoms with Gasteiger partial charge in [-0.15, -0.1) is 0 Å². The molecule has 0 N–H and O–H groups in total. The van der Waals surface area contributed by atoms with E-state index in [4.69, 9.17) is 0 Å². The van der Waals surface area contributed by atoms with Gasteiger partial charge in [-0.25, -0.2) is 8.42 Å². The van der Waals surface area contributed by atoms with E-state index in [9.17, 15) is 8.42 Å². The number of hydrogen-bond acceptors (Lipinski definition) is 2. The molecule has 0 spiro atoms. The van der Waals surface area contributed by atoms with Gasteiger partial charge in [0.05, 0.1) is 10.9 Å². The van der Waals surface area contributed by atoms with Crippen LogP contribution in [0.25, 0.3) is 0 Å². The van der Waals surface area contributed by atoms with Crippen molar-refractivity contribution >= 4 is 10.0 Å². The maximum Gasteiger partial charge on any atom is 0.243 e. The fraction of sp³-hybridized carbons (Fsp3) is 0.364. The minimum atomic E-state index is -3.29. The molecule has 1 aliphatic heterocycles. The molecule has 0 unspecified atom stereocenters. The summed E-state index contributed by atoms with van der Waals surface area (Å²) in [6, 6.07) is 9.54. The highest BCUT2D eigenvalue weighted by Crippen LogP contribution is 2.29. The highest BCUT2D eigenvalue weighted by Gasteiger charge is 2.32. The normalized spacial score (nSPS) is 19.5. The van der Waals surface area contributed by atoms with Gasteiger partial charge in [0.25, 0.3) is 0 Å². The molecule has 0 amide bonds. The van der Waals surface area contributed by atoms with E-state index in [1.54, 1.807) is 24.3 Å². The maximum absolute atomic E-state index is 12.1. The molecule has 0 saturated carbocycles. The SMILES string of the molecule is C[C]1CCCN1S(=O)(=O)c1ccccc1. The van der Waals surface area contributed by atoms with Crippen molar-refractivity contribution in [1.82, 2.24) is 4.31 Å². The lowest BCUT2D eigenvalue weighted by Crippen LogP contribution is -2.29. The largest absolute Gasteiger partial charge is 0.243 e. The number of nitrogens with zero attached hydrogens (tertiary/aromatic N) is 1. The number of sulfonamides is 1. The molecule has 2 rings (SSSR count). The van der Waals surface area contributed by atoms with Crippen molar-refractivity contribution in [3.8, 4) is 0 Å². The van der Waals surface area contributed by atoms with Gasteiger partial charge < -0.3 is 0 Å². The van der Waals surface area contributed by atoms with Gasteiger partial charge in [-0.05, 0) is 31.9 Å². The molecule has 1 fully saturated rings. The Morgan fingerprint density at radius 1 is 1.20 bits per heavy atom. The second kappa shape index (κ2) is 3.94. The molecule has 0 bridgehead atoms. The summed E-state index contributed by atoms with van der Waals surface area (Å²) in [6.45, 7) is 2.50. The van der Waals surface area contributed by atoms with Crippen molar-refractivity contribution in [2.24, 2.45) is 0 Å². The Morgan fingerprint density at radius 2 is 1.87 bits per heavy atom. The summed E-state index contributed by atoms with van der Waals surface area (Å²) >= 11 is 0. The first-order valence-electron chi connectivity index (χ1n) is 5.02. The summed E-state index contributed by atoms with van der Waals surface area (Å²) in [5.74, 6) is 0. The highest BCUT2D eigenvalue weighted by atomic mass is 32.2. The standard InChI is InChI=1S/C11H14NO2S/c1-10-6-5-9-12(10)15(13,14)11-7-3-2-4-8-11/h2-4,7-8H,5-6,9H2,1H3. The Labute approximate surface area is 90.8 Å². The Morgan fingerprint density at radius 3 is 2.40 bits per heavy atom. The van der Waals surface area contributed by atoms with Gasteiger partial charge in [0.2, 0.25) is 10.0 Å². The van der Waals surface area contributed by atoms with Crippen molar-refractivity contribution in [3.63, 3.8) is 0 Å². The molecule has 4 heteroatoms. The van der Waals surface area contributed by atoms with E-state index in [2.05, 4.69) is 0 Å². The Bertz CT molecular complexity index is 427. The average molecular weight is 224 g/mol. The highest BCUT2D eigenvalue weighted by molar-refractivity contribution is 7.89. The van der Waals surface area contributed by atoms with Crippen molar-refractivity contribution in [2.45, 2.75) is 24.7 Å². The molecule has 0 aromatic heterocycles. The van der Waals surface area contributed by atoms with Crippen LogP contribution in [0.4, 0.5) is 0 Å². The molecule has 1 saturated heterocycles. The minimum Gasteiger partial charge on any atom is -0.207 e. The topological polar surface area (TPSA) is 37.4 Å². The Kier molecular flexibility index (Phi) is 2.80. The molecular formula is C11H14NO2S. The van der Waals surface area contributed by atoms with Crippen molar-refractivity contribution in [1.29, 1.82) is 0 Å². The third-order valence-electron chi connectivity index (χ3n) is 2.66. The predicted molar refractivity (Wildman–Crippen MR) is 58.5 cm³/mol. The van der Waals surface area contributed by atoms with Crippen molar-refractivity contribution in [3.05, 3.63) is 36.4 Å². The summed E-state index contributed by atoms with van der Waals surface area (Å²) in [5.41, 5.74) is 0. The van der Waals surface area contributed by atoms with Crippen LogP contribution in [0.3, 0.4) is 0 Å². The predicted octanol–water partition coefficient (Wildman–Crippen LogP) is 2.02. The van der Waals surface area contributed by atoms with Gasteiger partial charge in [0.15, 0.2) is 0 Å². The second-order valence-electron chi connectivity index (χ2n) is 3.73. The third-order valence-corrected chi connectivity index (χ3v) is 4.60. The van der Waals surface area contributed by atoms with Crippen LogP contribution in [0.1, 0.15) is 19.8 Å². The molecule has 81 valence electrons. The summed E-state index contributed by atoms with van der Waals surface area (Å²) in [5, 5.41) is 0. The molecule has 1 aromatic carbocycles. The summed E-state index contributed by atoms with van der Waals surface area (Å²) in [7, 11) is -3.29. The van der Waals surface area contributed by atoms with Crippen molar-refractivity contribution in [2.75, 3.05) is 6.54 Å². The van der Waals surface area contributed by atoms with Gasteiger partial charge >= 0.3 is 0 Å².